The lowest BCUT2D eigenvalue weighted by atomic mass is 10.0. The van der Waals surface area contributed by atoms with Gasteiger partial charge in [0.2, 0.25) is 6.10 Å². The fraction of sp³-hybridized carbons (Fsp3) is 0.333. The standard InChI is InChI=1S/C21H21FN2O4/c1-13(14-6-7-18-19(11-14)27-9-3-8-26-18)23-21(25)20-12-17(24-28-20)15-4-2-5-16(22)10-15/h2,4-7,10-11,13,20H,3,8-9,12H2,1H3,(H,23,25)/t13-,20-/m0/s1. The lowest BCUT2D eigenvalue weighted by Gasteiger charge is -2.18. The van der Waals surface area contributed by atoms with Gasteiger partial charge in [0.05, 0.1) is 25.0 Å². The number of nitrogens with zero attached hydrogens (tertiary/aromatic N) is 1. The maximum absolute atomic E-state index is 13.4. The predicted molar refractivity (Wildman–Crippen MR) is 101 cm³/mol. The highest BCUT2D eigenvalue weighted by Gasteiger charge is 2.30. The van der Waals surface area contributed by atoms with Gasteiger partial charge in [-0.3, -0.25) is 4.79 Å². The highest BCUT2D eigenvalue weighted by molar-refractivity contribution is 6.04. The SMILES string of the molecule is C[C@H](NC(=O)[C@@H]1CC(c2cccc(F)c2)=NO1)c1ccc2c(c1)OCCCO2. The Morgan fingerprint density at radius 2 is 2.00 bits per heavy atom. The number of amides is 1. The third-order valence-corrected chi connectivity index (χ3v) is 4.75. The molecule has 0 unspecified atom stereocenters. The largest absolute Gasteiger partial charge is 0.490 e. The lowest BCUT2D eigenvalue weighted by molar-refractivity contribution is -0.131. The summed E-state index contributed by atoms with van der Waals surface area (Å²) in [5.41, 5.74) is 2.08. The summed E-state index contributed by atoms with van der Waals surface area (Å²) in [6, 6.07) is 11.5. The quantitative estimate of drug-likeness (QED) is 0.878. The smallest absolute Gasteiger partial charge is 0.264 e. The van der Waals surface area contributed by atoms with Crippen LogP contribution in [0.4, 0.5) is 4.39 Å². The van der Waals surface area contributed by atoms with Gasteiger partial charge in [-0.2, -0.15) is 0 Å². The zero-order valence-electron chi connectivity index (χ0n) is 15.5. The Hall–Kier alpha value is -3.09. The number of nitrogens with one attached hydrogen (secondary N) is 1. The zero-order valence-corrected chi connectivity index (χ0v) is 15.5. The molecule has 0 aliphatic carbocycles. The van der Waals surface area contributed by atoms with Crippen molar-refractivity contribution >= 4 is 11.6 Å². The number of halogens is 1. The van der Waals surface area contributed by atoms with E-state index >= 15 is 0 Å². The zero-order chi connectivity index (χ0) is 19.5. The van der Waals surface area contributed by atoms with Crippen molar-refractivity contribution in [1.29, 1.82) is 0 Å². The molecule has 6 nitrogen and oxygen atoms in total. The number of benzene rings is 2. The summed E-state index contributed by atoms with van der Waals surface area (Å²) in [5.74, 6) is 0.780. The summed E-state index contributed by atoms with van der Waals surface area (Å²) in [4.78, 5) is 17.9. The molecule has 0 spiro atoms. The first-order valence-electron chi connectivity index (χ1n) is 9.29. The topological polar surface area (TPSA) is 69.2 Å². The first kappa shape index (κ1) is 18.3. The van der Waals surface area contributed by atoms with Crippen LogP contribution >= 0.6 is 0 Å². The minimum Gasteiger partial charge on any atom is -0.490 e. The number of rotatable bonds is 4. The molecule has 0 fully saturated rings. The Labute approximate surface area is 162 Å². The summed E-state index contributed by atoms with van der Waals surface area (Å²) >= 11 is 0. The van der Waals surface area contributed by atoms with Crippen LogP contribution in [0.25, 0.3) is 0 Å². The summed E-state index contributed by atoms with van der Waals surface area (Å²) < 4.78 is 24.7. The van der Waals surface area contributed by atoms with Crippen LogP contribution in [-0.4, -0.2) is 30.9 Å². The van der Waals surface area contributed by atoms with E-state index in [1.165, 1.54) is 12.1 Å². The maximum atomic E-state index is 13.4. The van der Waals surface area contributed by atoms with Gasteiger partial charge < -0.3 is 19.6 Å². The van der Waals surface area contributed by atoms with Gasteiger partial charge in [-0.1, -0.05) is 23.4 Å². The van der Waals surface area contributed by atoms with Gasteiger partial charge in [-0.25, -0.2) is 4.39 Å². The van der Waals surface area contributed by atoms with E-state index in [4.69, 9.17) is 14.3 Å². The Morgan fingerprint density at radius 3 is 2.82 bits per heavy atom. The van der Waals surface area contributed by atoms with Crippen LogP contribution in [0, 0.1) is 5.82 Å². The molecule has 2 heterocycles. The molecule has 146 valence electrons. The number of ether oxygens (including phenoxy) is 2. The van der Waals surface area contributed by atoms with E-state index in [0.717, 1.165) is 12.0 Å². The predicted octanol–water partition coefficient (Wildman–Crippen LogP) is 3.36. The molecule has 7 heteroatoms. The summed E-state index contributed by atoms with van der Waals surface area (Å²) in [6.07, 6.45) is 0.396. The number of oxime groups is 1. The van der Waals surface area contributed by atoms with Gasteiger partial charge >= 0.3 is 0 Å². The Balaban J connectivity index is 1.38. The molecule has 0 radical (unpaired) electrons. The number of hydrogen-bond acceptors (Lipinski definition) is 5. The number of hydrogen-bond donors (Lipinski definition) is 1. The molecule has 2 atom stereocenters. The molecule has 2 aliphatic heterocycles. The second kappa shape index (κ2) is 7.88. The van der Waals surface area contributed by atoms with Crippen molar-refractivity contribution in [3.8, 4) is 11.5 Å². The van der Waals surface area contributed by atoms with Crippen molar-refractivity contribution in [2.24, 2.45) is 5.16 Å². The molecule has 28 heavy (non-hydrogen) atoms. The van der Waals surface area contributed by atoms with Crippen molar-refractivity contribution in [3.05, 3.63) is 59.4 Å². The molecule has 0 saturated heterocycles. The minimum absolute atomic E-state index is 0.244. The summed E-state index contributed by atoms with van der Waals surface area (Å²) in [7, 11) is 0. The molecule has 1 N–H and O–H groups in total. The molecular formula is C21H21FN2O4. The van der Waals surface area contributed by atoms with Crippen LogP contribution < -0.4 is 14.8 Å². The molecule has 4 rings (SSSR count). The third kappa shape index (κ3) is 3.93. The van der Waals surface area contributed by atoms with Gasteiger partial charge in [0.15, 0.2) is 11.5 Å². The van der Waals surface area contributed by atoms with Crippen LogP contribution in [-0.2, 0) is 9.63 Å². The molecule has 2 aromatic rings. The fourth-order valence-electron chi connectivity index (χ4n) is 3.20. The second-order valence-corrected chi connectivity index (χ2v) is 6.83. The second-order valence-electron chi connectivity index (χ2n) is 6.83. The van der Waals surface area contributed by atoms with Gasteiger partial charge in [0.1, 0.15) is 5.82 Å². The highest BCUT2D eigenvalue weighted by atomic mass is 19.1. The summed E-state index contributed by atoms with van der Waals surface area (Å²) in [5, 5.41) is 6.89. The first-order valence-corrected chi connectivity index (χ1v) is 9.29. The molecule has 0 saturated carbocycles. The van der Waals surface area contributed by atoms with Crippen LogP contribution in [0.2, 0.25) is 0 Å². The average Bonchev–Trinajstić information content (AvgIpc) is 3.07. The Morgan fingerprint density at radius 1 is 1.18 bits per heavy atom. The van der Waals surface area contributed by atoms with E-state index in [1.807, 2.05) is 25.1 Å². The van der Waals surface area contributed by atoms with Gasteiger partial charge in [-0.05, 0) is 36.8 Å². The Bertz CT molecular complexity index is 915. The fourth-order valence-corrected chi connectivity index (χ4v) is 3.20. The van der Waals surface area contributed by atoms with Crippen molar-refractivity contribution in [3.63, 3.8) is 0 Å². The molecule has 0 bridgehead atoms. The number of carbonyl (C=O) groups excluding carboxylic acids is 1. The monoisotopic (exact) mass is 384 g/mol. The lowest BCUT2D eigenvalue weighted by Crippen LogP contribution is -2.36. The number of fused-ring (bicyclic) bond motifs is 1. The van der Waals surface area contributed by atoms with Crippen molar-refractivity contribution in [1.82, 2.24) is 5.32 Å². The highest BCUT2D eigenvalue weighted by Crippen LogP contribution is 2.32. The number of carbonyl (C=O) groups is 1. The van der Waals surface area contributed by atoms with E-state index in [9.17, 15) is 9.18 Å². The van der Waals surface area contributed by atoms with E-state index in [2.05, 4.69) is 10.5 Å². The van der Waals surface area contributed by atoms with E-state index in [-0.39, 0.29) is 17.8 Å². The van der Waals surface area contributed by atoms with Crippen molar-refractivity contribution < 1.29 is 23.5 Å². The van der Waals surface area contributed by atoms with Crippen molar-refractivity contribution in [2.75, 3.05) is 13.2 Å². The van der Waals surface area contributed by atoms with E-state index < -0.39 is 6.10 Å². The first-order chi connectivity index (χ1) is 13.6. The van der Waals surface area contributed by atoms with Gasteiger partial charge in [0, 0.05) is 18.4 Å². The molecule has 2 aromatic carbocycles. The van der Waals surface area contributed by atoms with Crippen LogP contribution in [0.1, 0.15) is 36.9 Å². The molecule has 0 aromatic heterocycles. The minimum atomic E-state index is -0.735. The molecular weight excluding hydrogens is 363 g/mol. The molecule has 1 amide bonds. The normalized spacial score (nSPS) is 19.2. The maximum Gasteiger partial charge on any atom is 0.264 e. The van der Waals surface area contributed by atoms with Crippen LogP contribution in [0.5, 0.6) is 11.5 Å². The third-order valence-electron chi connectivity index (χ3n) is 4.75. The van der Waals surface area contributed by atoms with E-state index in [0.29, 0.717) is 42.4 Å². The van der Waals surface area contributed by atoms with Crippen LogP contribution in [0.15, 0.2) is 47.6 Å². The summed E-state index contributed by atoms with van der Waals surface area (Å²) in [6.45, 7) is 3.12. The van der Waals surface area contributed by atoms with Crippen molar-refractivity contribution in [2.45, 2.75) is 31.9 Å². The average molecular weight is 384 g/mol. The Kier molecular flexibility index (Phi) is 5.14. The molecule has 2 aliphatic rings. The van der Waals surface area contributed by atoms with E-state index in [1.54, 1.807) is 12.1 Å². The van der Waals surface area contributed by atoms with Crippen LogP contribution in [0.3, 0.4) is 0 Å². The van der Waals surface area contributed by atoms with Gasteiger partial charge in [-0.15, -0.1) is 0 Å². The van der Waals surface area contributed by atoms with Gasteiger partial charge in [0.25, 0.3) is 5.91 Å².